The highest BCUT2D eigenvalue weighted by Gasteiger charge is 2.31. The average Bonchev–Trinajstić information content (AvgIpc) is 3.17. The highest BCUT2D eigenvalue weighted by atomic mass is 19.4. The topological polar surface area (TPSA) is 73.2 Å². The standard InChI is InChI=1S/C20H16F3N3O3/c1-27-14-6-2-12(3-7-14)18-25-19-16(10-11-28-19)17(24)26(18)13-4-8-15(9-5-13)29-20(21,22)23/h2-11,18H,24H2,1H3. The van der Waals surface area contributed by atoms with Gasteiger partial charge in [-0.15, -0.1) is 13.2 Å². The van der Waals surface area contributed by atoms with Crippen molar-refractivity contribution in [2.45, 2.75) is 12.5 Å². The number of nitrogens with two attached hydrogens (primary N) is 1. The number of hydrogen-bond acceptors (Lipinski definition) is 6. The molecule has 0 bridgehead atoms. The Bertz CT molecular complexity index is 1120. The molecule has 150 valence electrons. The zero-order chi connectivity index (χ0) is 20.6. The molecule has 29 heavy (non-hydrogen) atoms. The van der Waals surface area contributed by atoms with Crippen LogP contribution in [0.2, 0.25) is 0 Å². The largest absolute Gasteiger partial charge is 0.573 e. The third-order valence-corrected chi connectivity index (χ3v) is 4.43. The van der Waals surface area contributed by atoms with Gasteiger partial charge in [0.2, 0.25) is 5.55 Å². The number of ether oxygens (including phenoxy) is 2. The summed E-state index contributed by atoms with van der Waals surface area (Å²) in [7, 11) is 1.57. The smallest absolute Gasteiger partial charge is 0.497 e. The van der Waals surface area contributed by atoms with Crippen molar-refractivity contribution in [3.63, 3.8) is 0 Å². The van der Waals surface area contributed by atoms with Crippen molar-refractivity contribution in [1.29, 1.82) is 0 Å². The van der Waals surface area contributed by atoms with E-state index in [1.54, 1.807) is 30.2 Å². The van der Waals surface area contributed by atoms with E-state index < -0.39 is 12.5 Å². The fourth-order valence-electron chi connectivity index (χ4n) is 3.11. The second kappa shape index (κ2) is 7.08. The molecule has 3 aromatic rings. The molecule has 0 saturated carbocycles. The quantitative estimate of drug-likeness (QED) is 0.725. The van der Waals surface area contributed by atoms with Gasteiger partial charge in [-0.05, 0) is 48.0 Å². The maximum atomic E-state index is 12.4. The summed E-state index contributed by atoms with van der Waals surface area (Å²) in [5.41, 5.74) is 8.11. The molecule has 0 fully saturated rings. The predicted octanol–water partition coefficient (Wildman–Crippen LogP) is 3.05. The molecule has 2 heterocycles. The summed E-state index contributed by atoms with van der Waals surface area (Å²) in [6, 6.07) is 14.4. The first-order chi connectivity index (χ1) is 13.9. The minimum absolute atomic E-state index is 0.321. The van der Waals surface area contributed by atoms with E-state index in [-0.39, 0.29) is 5.75 Å². The SMILES string of the molecule is COc1ccc(C2N=c3occc3=C(N)N2c2ccc(OC(F)(F)F)cc2)cc1. The zero-order valence-corrected chi connectivity index (χ0v) is 15.2. The Morgan fingerprint density at radius 2 is 1.66 bits per heavy atom. The number of fused-ring (bicyclic) bond motifs is 1. The van der Waals surface area contributed by atoms with Gasteiger partial charge in [-0.25, -0.2) is 4.99 Å². The number of methoxy groups -OCH3 is 1. The van der Waals surface area contributed by atoms with Crippen molar-refractivity contribution < 1.29 is 27.1 Å². The lowest BCUT2D eigenvalue weighted by molar-refractivity contribution is -0.274. The third-order valence-electron chi connectivity index (χ3n) is 4.43. The summed E-state index contributed by atoms with van der Waals surface area (Å²) in [5.74, 6) is 0.730. The van der Waals surface area contributed by atoms with Gasteiger partial charge in [-0.1, -0.05) is 12.1 Å². The number of hydrogen-bond donors (Lipinski definition) is 1. The molecule has 1 aliphatic heterocycles. The average molecular weight is 403 g/mol. The normalized spacial score (nSPS) is 16.2. The summed E-state index contributed by atoms with van der Waals surface area (Å²) in [4.78, 5) is 6.35. The number of alkyl halides is 3. The van der Waals surface area contributed by atoms with Gasteiger partial charge in [0.15, 0.2) is 6.17 Å². The molecule has 2 aromatic carbocycles. The maximum Gasteiger partial charge on any atom is 0.573 e. The Balaban J connectivity index is 1.77. The van der Waals surface area contributed by atoms with Crippen LogP contribution in [0.15, 0.2) is 70.3 Å². The van der Waals surface area contributed by atoms with Crippen molar-refractivity contribution in [2.24, 2.45) is 10.7 Å². The van der Waals surface area contributed by atoms with Gasteiger partial charge in [-0.3, -0.25) is 0 Å². The molecular formula is C20H16F3N3O3. The van der Waals surface area contributed by atoms with Crippen molar-refractivity contribution >= 4 is 11.5 Å². The summed E-state index contributed by atoms with van der Waals surface area (Å²) in [6.45, 7) is 0. The Morgan fingerprint density at radius 3 is 2.28 bits per heavy atom. The highest BCUT2D eigenvalue weighted by molar-refractivity contribution is 5.69. The highest BCUT2D eigenvalue weighted by Crippen LogP contribution is 2.34. The first kappa shape index (κ1) is 18.7. The molecule has 1 atom stereocenters. The van der Waals surface area contributed by atoms with Gasteiger partial charge >= 0.3 is 6.36 Å². The molecule has 1 unspecified atom stereocenters. The van der Waals surface area contributed by atoms with Gasteiger partial charge in [-0.2, -0.15) is 0 Å². The van der Waals surface area contributed by atoms with Crippen LogP contribution in [0, 0.1) is 0 Å². The molecular weight excluding hydrogens is 387 g/mol. The fourth-order valence-corrected chi connectivity index (χ4v) is 3.11. The van der Waals surface area contributed by atoms with Gasteiger partial charge < -0.3 is 24.5 Å². The lowest BCUT2D eigenvalue weighted by atomic mass is 10.1. The number of rotatable bonds is 4. The van der Waals surface area contributed by atoms with E-state index in [9.17, 15) is 13.2 Å². The minimum Gasteiger partial charge on any atom is -0.497 e. The Hall–Kier alpha value is -3.62. The molecule has 0 aliphatic carbocycles. The van der Waals surface area contributed by atoms with Crippen LogP contribution in [0.1, 0.15) is 11.7 Å². The number of furan rings is 1. The molecule has 0 amide bonds. The van der Waals surface area contributed by atoms with E-state index in [1.165, 1.54) is 30.5 Å². The van der Waals surface area contributed by atoms with E-state index in [4.69, 9.17) is 14.9 Å². The molecule has 0 radical (unpaired) electrons. The fraction of sp³-hybridized carbons (Fsp3) is 0.150. The lowest BCUT2D eigenvalue weighted by Gasteiger charge is -2.33. The second-order valence-electron chi connectivity index (χ2n) is 6.21. The molecule has 6 nitrogen and oxygen atoms in total. The van der Waals surface area contributed by atoms with Crippen molar-refractivity contribution in [3.8, 4) is 11.5 Å². The van der Waals surface area contributed by atoms with E-state index in [2.05, 4.69) is 9.73 Å². The molecule has 4 rings (SSSR count). The first-order valence-electron chi connectivity index (χ1n) is 8.56. The first-order valence-corrected chi connectivity index (χ1v) is 8.56. The number of anilines is 1. The van der Waals surface area contributed by atoms with Crippen molar-refractivity contribution in [3.05, 3.63) is 77.2 Å². The van der Waals surface area contributed by atoms with Crippen LogP contribution in [0.4, 0.5) is 18.9 Å². The van der Waals surface area contributed by atoms with E-state index >= 15 is 0 Å². The second-order valence-corrected chi connectivity index (χ2v) is 6.21. The minimum atomic E-state index is -4.76. The monoisotopic (exact) mass is 403 g/mol. The van der Waals surface area contributed by atoms with Crippen molar-refractivity contribution in [1.82, 2.24) is 0 Å². The number of nitrogens with zero attached hydrogens (tertiary/aromatic N) is 2. The van der Waals surface area contributed by atoms with Gasteiger partial charge in [0.1, 0.15) is 17.3 Å². The summed E-state index contributed by atoms with van der Waals surface area (Å²) >= 11 is 0. The Labute approximate surface area is 163 Å². The van der Waals surface area contributed by atoms with E-state index in [0.717, 1.165) is 5.56 Å². The Morgan fingerprint density at radius 1 is 1.00 bits per heavy atom. The number of benzene rings is 2. The molecule has 9 heteroatoms. The zero-order valence-electron chi connectivity index (χ0n) is 15.2. The van der Waals surface area contributed by atoms with Crippen molar-refractivity contribution in [2.75, 3.05) is 12.0 Å². The van der Waals surface area contributed by atoms with Crippen LogP contribution in [0.3, 0.4) is 0 Å². The summed E-state index contributed by atoms with van der Waals surface area (Å²) in [5, 5.41) is 0.602. The lowest BCUT2D eigenvalue weighted by Crippen LogP contribution is -2.43. The van der Waals surface area contributed by atoms with Crippen LogP contribution in [0.5, 0.6) is 11.5 Å². The maximum absolute atomic E-state index is 12.4. The summed E-state index contributed by atoms with van der Waals surface area (Å²) < 4.78 is 51.9. The van der Waals surface area contributed by atoms with Gasteiger partial charge in [0.05, 0.1) is 18.6 Å². The third kappa shape index (κ3) is 3.71. The van der Waals surface area contributed by atoms with Crippen LogP contribution in [-0.2, 0) is 0 Å². The van der Waals surface area contributed by atoms with Crippen LogP contribution >= 0.6 is 0 Å². The molecule has 1 aromatic heterocycles. The van der Waals surface area contributed by atoms with E-state index in [0.29, 0.717) is 28.0 Å². The molecule has 2 N–H and O–H groups in total. The van der Waals surface area contributed by atoms with Gasteiger partial charge in [0, 0.05) is 5.69 Å². The summed E-state index contributed by atoms with van der Waals surface area (Å²) in [6.07, 6.45) is -3.85. The van der Waals surface area contributed by atoms with Crippen LogP contribution in [0.25, 0.3) is 5.82 Å². The van der Waals surface area contributed by atoms with Gasteiger partial charge in [0.25, 0.3) is 0 Å². The molecule has 1 aliphatic rings. The molecule has 0 saturated heterocycles. The van der Waals surface area contributed by atoms with Crippen LogP contribution in [-0.4, -0.2) is 13.5 Å². The van der Waals surface area contributed by atoms with E-state index in [1.807, 2.05) is 12.1 Å². The molecule has 0 spiro atoms. The van der Waals surface area contributed by atoms with Crippen LogP contribution < -0.4 is 30.9 Å². The predicted molar refractivity (Wildman–Crippen MR) is 98.4 cm³/mol. The number of halogens is 3. The Kier molecular flexibility index (Phi) is 4.57.